The minimum absolute atomic E-state index is 0.00164. The van der Waals surface area contributed by atoms with E-state index >= 15 is 0 Å². The molecule has 0 aliphatic carbocycles. The number of hydrogen-bond acceptors (Lipinski definition) is 4. The lowest BCUT2D eigenvalue weighted by molar-refractivity contribution is -0.120. The van der Waals surface area contributed by atoms with E-state index in [1.807, 2.05) is 54.6 Å². The van der Waals surface area contributed by atoms with E-state index < -0.39 is 0 Å². The number of nitrogens with one attached hydrogen (secondary N) is 2. The number of likely N-dealkylation sites (tertiary alicyclic amines) is 1. The predicted molar refractivity (Wildman–Crippen MR) is 150 cm³/mol. The van der Waals surface area contributed by atoms with Crippen molar-refractivity contribution in [3.63, 3.8) is 0 Å². The van der Waals surface area contributed by atoms with Gasteiger partial charge in [-0.15, -0.1) is 0 Å². The van der Waals surface area contributed by atoms with Crippen LogP contribution in [0.2, 0.25) is 0 Å². The Labute approximate surface area is 223 Å². The summed E-state index contributed by atoms with van der Waals surface area (Å²) in [5.74, 6) is -0.107. The summed E-state index contributed by atoms with van der Waals surface area (Å²) in [4.78, 5) is 41.1. The van der Waals surface area contributed by atoms with E-state index in [2.05, 4.69) is 27.7 Å². The molecule has 3 amide bonds. The lowest BCUT2D eigenvalue weighted by Gasteiger charge is -2.33. The minimum atomic E-state index is -0.189. The van der Waals surface area contributed by atoms with Gasteiger partial charge >= 0.3 is 0 Å². The molecule has 0 saturated carbocycles. The summed E-state index contributed by atoms with van der Waals surface area (Å²) in [5, 5.41) is 6.08. The Morgan fingerprint density at radius 2 is 1.82 bits per heavy atom. The molecule has 5 rings (SSSR count). The number of piperidine rings is 1. The number of rotatable bonds is 6. The zero-order valence-electron chi connectivity index (χ0n) is 22.0. The zero-order chi connectivity index (χ0) is 26.6. The van der Waals surface area contributed by atoms with Gasteiger partial charge in [0.15, 0.2) is 0 Å². The number of nitrogens with zero attached hydrogens (tertiary/aromatic N) is 2. The van der Waals surface area contributed by atoms with Crippen molar-refractivity contribution in [2.45, 2.75) is 45.2 Å². The van der Waals surface area contributed by atoms with E-state index in [-0.39, 0.29) is 23.8 Å². The fraction of sp³-hybridized carbons (Fsp3) is 0.323. The van der Waals surface area contributed by atoms with E-state index in [1.54, 1.807) is 18.9 Å². The molecule has 0 spiro atoms. The number of amides is 3. The minimum Gasteiger partial charge on any atom is -0.352 e. The zero-order valence-corrected chi connectivity index (χ0v) is 22.0. The van der Waals surface area contributed by atoms with Crippen LogP contribution >= 0.6 is 0 Å². The van der Waals surface area contributed by atoms with Crippen LogP contribution in [-0.4, -0.2) is 48.8 Å². The van der Waals surface area contributed by atoms with Crippen LogP contribution < -0.4 is 15.5 Å². The summed E-state index contributed by atoms with van der Waals surface area (Å²) in [7, 11) is 1.78. The van der Waals surface area contributed by atoms with Gasteiger partial charge in [-0.2, -0.15) is 0 Å². The van der Waals surface area contributed by atoms with Crippen LogP contribution in [0.3, 0.4) is 0 Å². The number of carbonyl (C=O) groups excluding carboxylic acids is 3. The van der Waals surface area contributed by atoms with Gasteiger partial charge in [0.1, 0.15) is 0 Å². The predicted octanol–water partition coefficient (Wildman–Crippen LogP) is 4.62. The first-order valence-electron chi connectivity index (χ1n) is 13.3. The second kappa shape index (κ2) is 11.2. The molecule has 3 aromatic carbocycles. The van der Waals surface area contributed by atoms with E-state index in [4.69, 9.17) is 0 Å². The van der Waals surface area contributed by atoms with Gasteiger partial charge in [0.05, 0.1) is 0 Å². The molecule has 2 aliphatic heterocycles. The van der Waals surface area contributed by atoms with Crippen LogP contribution in [0.15, 0.2) is 66.7 Å². The van der Waals surface area contributed by atoms with Crippen LogP contribution in [0.1, 0.15) is 47.7 Å². The van der Waals surface area contributed by atoms with Crippen molar-refractivity contribution in [2.75, 3.05) is 30.4 Å². The van der Waals surface area contributed by atoms with Crippen LogP contribution in [0.25, 0.3) is 11.1 Å². The molecule has 1 unspecified atom stereocenters. The topological polar surface area (TPSA) is 81.8 Å². The molecular weight excluding hydrogens is 476 g/mol. The normalized spacial score (nSPS) is 17.6. The lowest BCUT2D eigenvalue weighted by atomic mass is 9.95. The second-order valence-corrected chi connectivity index (χ2v) is 10.3. The van der Waals surface area contributed by atoms with Crippen LogP contribution in [0.4, 0.5) is 11.4 Å². The SMILES string of the molecule is CC(=O)NC1CCCN(Cc2cc(C(=O)Nc3ccc4c(c3)N(C)C(=O)CC4)ccc2-c2ccccc2)C1. The molecule has 2 aliphatic rings. The third-order valence-electron chi connectivity index (χ3n) is 7.45. The molecule has 3 aromatic rings. The van der Waals surface area contributed by atoms with E-state index in [0.29, 0.717) is 24.2 Å². The molecule has 1 saturated heterocycles. The number of aryl methyl sites for hydroxylation is 1. The molecule has 2 heterocycles. The van der Waals surface area contributed by atoms with Crippen molar-refractivity contribution >= 4 is 29.1 Å². The highest BCUT2D eigenvalue weighted by Gasteiger charge is 2.23. The third-order valence-corrected chi connectivity index (χ3v) is 7.45. The molecule has 7 heteroatoms. The Hall–Kier alpha value is -3.97. The summed E-state index contributed by atoms with van der Waals surface area (Å²) in [6.07, 6.45) is 3.22. The maximum absolute atomic E-state index is 13.3. The highest BCUT2D eigenvalue weighted by molar-refractivity contribution is 6.05. The van der Waals surface area contributed by atoms with Gasteiger partial charge in [-0.25, -0.2) is 0 Å². The largest absolute Gasteiger partial charge is 0.352 e. The molecule has 196 valence electrons. The summed E-state index contributed by atoms with van der Waals surface area (Å²) in [6, 6.07) is 22.0. The smallest absolute Gasteiger partial charge is 0.255 e. The van der Waals surface area contributed by atoms with Gasteiger partial charge < -0.3 is 15.5 Å². The van der Waals surface area contributed by atoms with Gasteiger partial charge in [0.25, 0.3) is 5.91 Å². The lowest BCUT2D eigenvalue weighted by Crippen LogP contribution is -2.46. The summed E-state index contributed by atoms with van der Waals surface area (Å²) < 4.78 is 0. The van der Waals surface area contributed by atoms with Gasteiger partial charge in [-0.3, -0.25) is 19.3 Å². The highest BCUT2D eigenvalue weighted by Crippen LogP contribution is 2.31. The van der Waals surface area contributed by atoms with Crippen LogP contribution in [0.5, 0.6) is 0 Å². The summed E-state index contributed by atoms with van der Waals surface area (Å²) in [6.45, 7) is 3.98. The van der Waals surface area contributed by atoms with Crippen molar-refractivity contribution in [3.8, 4) is 11.1 Å². The van der Waals surface area contributed by atoms with Gasteiger partial charge in [0, 0.05) is 56.5 Å². The number of benzene rings is 3. The standard InChI is InChI=1S/C31H34N4O3/c1-21(36)32-27-9-6-16-35(20-27)19-25-17-24(11-14-28(25)22-7-4-3-5-8-22)31(38)33-26-13-10-23-12-15-30(37)34(2)29(23)18-26/h3-5,7-8,10-11,13-14,17-18,27H,6,9,12,15-16,19-20H2,1-2H3,(H,32,36)(H,33,38). The molecule has 2 N–H and O–H groups in total. The Balaban J connectivity index is 1.39. The number of fused-ring (bicyclic) bond motifs is 1. The first kappa shape index (κ1) is 25.7. The Bertz CT molecular complexity index is 1350. The molecule has 1 atom stereocenters. The van der Waals surface area contributed by atoms with Crippen molar-refractivity contribution in [1.29, 1.82) is 0 Å². The van der Waals surface area contributed by atoms with Gasteiger partial charge in [-0.05, 0) is 72.3 Å². The first-order chi connectivity index (χ1) is 18.4. The van der Waals surface area contributed by atoms with E-state index in [9.17, 15) is 14.4 Å². The Morgan fingerprint density at radius 3 is 2.61 bits per heavy atom. The van der Waals surface area contributed by atoms with Crippen LogP contribution in [0, 0.1) is 0 Å². The second-order valence-electron chi connectivity index (χ2n) is 10.3. The average molecular weight is 511 g/mol. The fourth-order valence-corrected chi connectivity index (χ4v) is 5.52. The van der Waals surface area contributed by atoms with E-state index in [1.165, 1.54) is 0 Å². The van der Waals surface area contributed by atoms with Crippen LogP contribution in [-0.2, 0) is 22.6 Å². The maximum Gasteiger partial charge on any atom is 0.255 e. The Morgan fingerprint density at radius 1 is 1.00 bits per heavy atom. The molecule has 1 fully saturated rings. The number of hydrogen-bond donors (Lipinski definition) is 2. The molecule has 38 heavy (non-hydrogen) atoms. The van der Waals surface area contributed by atoms with Gasteiger partial charge in [-0.1, -0.05) is 42.5 Å². The number of anilines is 2. The third kappa shape index (κ3) is 5.78. The van der Waals surface area contributed by atoms with E-state index in [0.717, 1.165) is 60.3 Å². The highest BCUT2D eigenvalue weighted by atomic mass is 16.2. The first-order valence-corrected chi connectivity index (χ1v) is 13.3. The molecule has 0 aromatic heterocycles. The van der Waals surface area contributed by atoms with Crippen molar-refractivity contribution in [1.82, 2.24) is 10.2 Å². The molecule has 0 bridgehead atoms. The van der Waals surface area contributed by atoms with Crippen molar-refractivity contribution in [3.05, 3.63) is 83.4 Å². The quantitative estimate of drug-likeness (QED) is 0.507. The molecular formula is C31H34N4O3. The monoisotopic (exact) mass is 510 g/mol. The molecule has 7 nitrogen and oxygen atoms in total. The average Bonchev–Trinajstić information content (AvgIpc) is 2.91. The van der Waals surface area contributed by atoms with Crippen molar-refractivity contribution in [2.24, 2.45) is 0 Å². The molecule has 0 radical (unpaired) electrons. The summed E-state index contributed by atoms with van der Waals surface area (Å²) in [5.41, 5.74) is 6.47. The summed E-state index contributed by atoms with van der Waals surface area (Å²) >= 11 is 0. The maximum atomic E-state index is 13.3. The van der Waals surface area contributed by atoms with Crippen molar-refractivity contribution < 1.29 is 14.4 Å². The van der Waals surface area contributed by atoms with Gasteiger partial charge in [0.2, 0.25) is 11.8 Å². The Kier molecular flexibility index (Phi) is 7.56. The fourth-order valence-electron chi connectivity index (χ4n) is 5.52. The number of carbonyl (C=O) groups is 3.